The number of carbonyl (C=O) groups is 1. The summed E-state index contributed by atoms with van der Waals surface area (Å²) in [6.07, 6.45) is 1.83. The molecule has 2 heterocycles. The van der Waals surface area contributed by atoms with Gasteiger partial charge in [-0.05, 0) is 43.0 Å². The monoisotopic (exact) mass is 487 g/mol. The van der Waals surface area contributed by atoms with E-state index in [1.165, 1.54) is 4.31 Å². The minimum Gasteiger partial charge on any atom is -0.341 e. The van der Waals surface area contributed by atoms with E-state index in [1.54, 1.807) is 34.7 Å². The van der Waals surface area contributed by atoms with E-state index in [4.69, 9.17) is 0 Å². The number of hydrogen-bond donors (Lipinski definition) is 0. The van der Waals surface area contributed by atoms with Crippen molar-refractivity contribution in [1.82, 2.24) is 13.8 Å². The van der Waals surface area contributed by atoms with Crippen LogP contribution in [-0.4, -0.2) is 48.2 Å². The number of carbonyl (C=O) groups excluding carboxylic acids is 1. The smallest absolute Gasteiger partial charge is 0.308 e. The maximum absolute atomic E-state index is 13.3. The van der Waals surface area contributed by atoms with Gasteiger partial charge in [-0.15, -0.1) is 0 Å². The van der Waals surface area contributed by atoms with E-state index in [-0.39, 0.29) is 21.6 Å². The zero-order chi connectivity index (χ0) is 23.6. The van der Waals surface area contributed by atoms with Crippen LogP contribution in [0.4, 0.5) is 0 Å². The van der Waals surface area contributed by atoms with Crippen LogP contribution in [0.5, 0.6) is 0 Å². The van der Waals surface area contributed by atoms with E-state index in [2.05, 4.69) is 0 Å². The number of fused-ring (bicyclic) bond motifs is 1. The quantitative estimate of drug-likeness (QED) is 0.511. The van der Waals surface area contributed by atoms with Crippen molar-refractivity contribution in [1.29, 1.82) is 0 Å². The molecule has 0 aliphatic carbocycles. The number of amides is 1. The Kier molecular flexibility index (Phi) is 7.02. The first kappa shape index (κ1) is 23.7. The van der Waals surface area contributed by atoms with E-state index >= 15 is 0 Å². The fourth-order valence-electron chi connectivity index (χ4n) is 4.38. The molecule has 2 aromatic carbocycles. The largest absolute Gasteiger partial charge is 0.341 e. The molecule has 1 fully saturated rings. The van der Waals surface area contributed by atoms with Crippen LogP contribution in [0.2, 0.25) is 0 Å². The minimum atomic E-state index is -3.68. The third-order valence-electron chi connectivity index (χ3n) is 6.17. The molecule has 0 bridgehead atoms. The molecule has 4 rings (SSSR count). The highest BCUT2D eigenvalue weighted by Crippen LogP contribution is 2.28. The molecule has 0 N–H and O–H groups in total. The summed E-state index contributed by atoms with van der Waals surface area (Å²) in [6, 6.07) is 14.7. The summed E-state index contributed by atoms with van der Waals surface area (Å²) in [5, 5.41) is 0. The van der Waals surface area contributed by atoms with Gasteiger partial charge in [-0.3, -0.25) is 14.2 Å². The number of thiazole rings is 1. The van der Waals surface area contributed by atoms with Gasteiger partial charge in [-0.25, -0.2) is 8.42 Å². The Labute approximate surface area is 198 Å². The summed E-state index contributed by atoms with van der Waals surface area (Å²) < 4.78 is 30.3. The number of aromatic nitrogens is 1. The van der Waals surface area contributed by atoms with Crippen molar-refractivity contribution < 1.29 is 13.2 Å². The lowest BCUT2D eigenvalue weighted by molar-refractivity contribution is -0.135. The summed E-state index contributed by atoms with van der Waals surface area (Å²) in [6.45, 7) is 3.78. The Morgan fingerprint density at radius 1 is 1.12 bits per heavy atom. The van der Waals surface area contributed by atoms with Gasteiger partial charge >= 0.3 is 4.87 Å². The number of piperidine rings is 1. The Morgan fingerprint density at radius 3 is 2.48 bits per heavy atom. The standard InChI is InChI=1S/C24H29N3O4S2/c1-3-13-27-21-10-9-20(16-22(21)32-24(27)29)33(30,31)26-14-11-19(12-15-26)23(28)25(2)17-18-7-5-4-6-8-18/h4-10,16,19H,3,11-15,17H2,1-2H3. The molecule has 1 saturated heterocycles. The Bertz CT molecular complexity index is 1290. The zero-order valence-electron chi connectivity index (χ0n) is 18.9. The molecule has 9 heteroatoms. The van der Waals surface area contributed by atoms with Crippen LogP contribution < -0.4 is 4.87 Å². The van der Waals surface area contributed by atoms with Gasteiger partial charge in [-0.2, -0.15) is 4.31 Å². The molecule has 176 valence electrons. The molecular weight excluding hydrogens is 458 g/mol. The first-order chi connectivity index (χ1) is 15.8. The van der Waals surface area contributed by atoms with Gasteiger partial charge in [0.2, 0.25) is 15.9 Å². The van der Waals surface area contributed by atoms with Crippen molar-refractivity contribution in [3.05, 3.63) is 63.8 Å². The van der Waals surface area contributed by atoms with Crippen LogP contribution in [0.25, 0.3) is 10.2 Å². The Hall–Kier alpha value is -2.49. The van der Waals surface area contributed by atoms with Crippen LogP contribution in [0, 0.1) is 5.92 Å². The van der Waals surface area contributed by atoms with Gasteiger partial charge in [-0.1, -0.05) is 48.6 Å². The molecule has 1 aliphatic heterocycles. The molecule has 1 aliphatic rings. The SMILES string of the molecule is CCCn1c(=O)sc2cc(S(=O)(=O)N3CCC(C(=O)N(C)Cc4ccccc4)CC3)ccc21. The van der Waals surface area contributed by atoms with Crippen LogP contribution in [-0.2, 0) is 27.9 Å². The predicted molar refractivity (Wildman–Crippen MR) is 131 cm³/mol. The van der Waals surface area contributed by atoms with Crippen LogP contribution in [0.1, 0.15) is 31.7 Å². The van der Waals surface area contributed by atoms with Gasteiger partial charge in [0.25, 0.3) is 0 Å². The average Bonchev–Trinajstić information content (AvgIpc) is 3.14. The second kappa shape index (κ2) is 9.79. The van der Waals surface area contributed by atoms with Crippen molar-refractivity contribution in [3.63, 3.8) is 0 Å². The van der Waals surface area contributed by atoms with Gasteiger partial charge in [0.05, 0.1) is 15.1 Å². The summed E-state index contributed by atoms with van der Waals surface area (Å²) in [4.78, 5) is 27.0. The molecule has 1 aromatic heterocycles. The molecule has 0 spiro atoms. The maximum atomic E-state index is 13.3. The maximum Gasteiger partial charge on any atom is 0.308 e. The number of hydrogen-bond acceptors (Lipinski definition) is 5. The highest BCUT2D eigenvalue weighted by atomic mass is 32.2. The minimum absolute atomic E-state index is 0.0550. The summed E-state index contributed by atoms with van der Waals surface area (Å²) in [5.41, 5.74) is 1.84. The van der Waals surface area contributed by atoms with Gasteiger partial charge in [0.1, 0.15) is 0 Å². The molecule has 0 saturated carbocycles. The van der Waals surface area contributed by atoms with Crippen LogP contribution in [0.15, 0.2) is 58.2 Å². The van der Waals surface area contributed by atoms with E-state index in [9.17, 15) is 18.0 Å². The number of aryl methyl sites for hydroxylation is 1. The molecule has 33 heavy (non-hydrogen) atoms. The highest BCUT2D eigenvalue weighted by Gasteiger charge is 2.33. The van der Waals surface area contributed by atoms with Crippen molar-refractivity contribution in [3.8, 4) is 0 Å². The number of rotatable bonds is 7. The second-order valence-corrected chi connectivity index (χ2v) is 11.4. The normalized spacial score (nSPS) is 15.7. The lowest BCUT2D eigenvalue weighted by Gasteiger charge is -2.32. The lowest BCUT2D eigenvalue weighted by atomic mass is 9.96. The molecule has 0 radical (unpaired) electrons. The Balaban J connectivity index is 1.43. The van der Waals surface area contributed by atoms with Gasteiger partial charge < -0.3 is 4.90 Å². The lowest BCUT2D eigenvalue weighted by Crippen LogP contribution is -2.43. The molecule has 7 nitrogen and oxygen atoms in total. The molecule has 3 aromatic rings. The van der Waals surface area contributed by atoms with Crippen LogP contribution >= 0.6 is 11.3 Å². The van der Waals surface area contributed by atoms with E-state index < -0.39 is 10.0 Å². The first-order valence-electron chi connectivity index (χ1n) is 11.2. The summed E-state index contributed by atoms with van der Waals surface area (Å²) in [5.74, 6) is -0.125. The zero-order valence-corrected chi connectivity index (χ0v) is 20.6. The fourth-order valence-corrected chi connectivity index (χ4v) is 6.91. The topological polar surface area (TPSA) is 79.7 Å². The van der Waals surface area contributed by atoms with Crippen molar-refractivity contribution >= 4 is 37.5 Å². The number of sulfonamides is 1. The third-order valence-corrected chi connectivity index (χ3v) is 9.00. The van der Waals surface area contributed by atoms with Crippen molar-refractivity contribution in [2.45, 2.75) is 44.2 Å². The average molecular weight is 488 g/mol. The van der Waals surface area contributed by atoms with Crippen molar-refractivity contribution in [2.24, 2.45) is 5.92 Å². The summed E-state index contributed by atoms with van der Waals surface area (Å²) in [7, 11) is -1.89. The van der Waals surface area contributed by atoms with Gasteiger partial charge in [0.15, 0.2) is 0 Å². The first-order valence-corrected chi connectivity index (χ1v) is 13.5. The Morgan fingerprint density at radius 2 is 1.82 bits per heavy atom. The van der Waals surface area contributed by atoms with Crippen LogP contribution in [0.3, 0.4) is 0 Å². The number of nitrogens with zero attached hydrogens (tertiary/aromatic N) is 3. The fraction of sp³-hybridized carbons (Fsp3) is 0.417. The third kappa shape index (κ3) is 4.90. The van der Waals surface area contributed by atoms with Crippen molar-refractivity contribution in [2.75, 3.05) is 20.1 Å². The molecular formula is C24H29N3O4S2. The predicted octanol–water partition coefficient (Wildman–Crippen LogP) is 3.53. The van der Waals surface area contributed by atoms with E-state index in [0.717, 1.165) is 28.8 Å². The highest BCUT2D eigenvalue weighted by molar-refractivity contribution is 7.89. The molecule has 0 unspecified atom stereocenters. The van der Waals surface area contributed by atoms with E-state index in [1.807, 2.05) is 37.3 Å². The second-order valence-electron chi connectivity index (χ2n) is 8.51. The molecule has 0 atom stereocenters. The van der Waals surface area contributed by atoms with E-state index in [0.29, 0.717) is 43.7 Å². The van der Waals surface area contributed by atoms with Gasteiger partial charge in [0, 0.05) is 39.1 Å². The number of benzene rings is 2. The summed E-state index contributed by atoms with van der Waals surface area (Å²) >= 11 is 1.08. The molecule has 1 amide bonds.